The minimum atomic E-state index is -4.51. The van der Waals surface area contributed by atoms with E-state index in [0.717, 1.165) is 12.3 Å². The molecular weight excluding hydrogens is 327 g/mol. The second kappa shape index (κ2) is 5.95. The number of esters is 1. The van der Waals surface area contributed by atoms with Crippen LogP contribution in [0.25, 0.3) is 11.2 Å². The van der Waals surface area contributed by atoms with Crippen molar-refractivity contribution in [1.82, 2.24) is 14.5 Å². The molecule has 0 bridgehead atoms. The molecule has 2 heterocycles. The molecule has 9 heteroatoms. The summed E-state index contributed by atoms with van der Waals surface area (Å²) >= 11 is 0. The van der Waals surface area contributed by atoms with Crippen molar-refractivity contribution in [2.75, 3.05) is 0 Å². The summed E-state index contributed by atoms with van der Waals surface area (Å²) in [6, 6.07) is 0.715. The number of H-pyrrole nitrogens is 1. The van der Waals surface area contributed by atoms with Crippen LogP contribution in [0, 0.1) is 0 Å². The Balaban J connectivity index is 1.87. The lowest BCUT2D eigenvalue weighted by Crippen LogP contribution is -2.29. The molecule has 1 aliphatic carbocycles. The molecule has 0 aliphatic heterocycles. The van der Waals surface area contributed by atoms with E-state index in [0.29, 0.717) is 25.7 Å². The van der Waals surface area contributed by atoms with Crippen LogP contribution in [-0.2, 0) is 15.7 Å². The van der Waals surface area contributed by atoms with E-state index in [9.17, 15) is 22.8 Å². The molecule has 3 rings (SSSR count). The number of pyridine rings is 1. The first-order chi connectivity index (χ1) is 11.3. The van der Waals surface area contributed by atoms with Crippen molar-refractivity contribution >= 4 is 17.1 Å². The molecule has 0 amide bonds. The Hall–Kier alpha value is -2.32. The fraction of sp³-hybridized carbons (Fsp3) is 0.533. The number of carbonyl (C=O) groups is 1. The molecule has 1 saturated carbocycles. The van der Waals surface area contributed by atoms with E-state index in [1.165, 1.54) is 11.5 Å². The van der Waals surface area contributed by atoms with Gasteiger partial charge in [0.25, 0.3) is 0 Å². The molecule has 0 radical (unpaired) electrons. The molecular formula is C15H16F3N3O3. The highest BCUT2D eigenvalue weighted by atomic mass is 19.4. The second-order valence-corrected chi connectivity index (χ2v) is 5.93. The molecule has 0 unspecified atom stereocenters. The summed E-state index contributed by atoms with van der Waals surface area (Å²) in [5.41, 5.74) is -1.10. The Morgan fingerprint density at radius 3 is 2.58 bits per heavy atom. The summed E-state index contributed by atoms with van der Waals surface area (Å²) in [4.78, 5) is 29.4. The van der Waals surface area contributed by atoms with Crippen molar-refractivity contribution in [3.63, 3.8) is 0 Å². The van der Waals surface area contributed by atoms with Crippen molar-refractivity contribution in [3.05, 3.63) is 28.3 Å². The van der Waals surface area contributed by atoms with Crippen molar-refractivity contribution in [2.24, 2.45) is 0 Å². The second-order valence-electron chi connectivity index (χ2n) is 5.93. The number of imidazole rings is 1. The number of ether oxygens (including phenoxy) is 1. The largest absolute Gasteiger partial charge is 0.463 e. The number of aromatic amines is 1. The molecule has 0 aromatic carbocycles. The van der Waals surface area contributed by atoms with E-state index in [2.05, 4.69) is 9.97 Å². The Morgan fingerprint density at radius 2 is 2.00 bits per heavy atom. The van der Waals surface area contributed by atoms with Gasteiger partial charge in [-0.25, -0.2) is 9.78 Å². The van der Waals surface area contributed by atoms with Crippen LogP contribution in [0.15, 0.2) is 17.1 Å². The molecule has 6 nitrogen and oxygen atoms in total. The van der Waals surface area contributed by atoms with Gasteiger partial charge in [0.2, 0.25) is 0 Å². The number of halogens is 3. The number of fused-ring (bicyclic) bond motifs is 1. The molecule has 0 atom stereocenters. The van der Waals surface area contributed by atoms with Gasteiger partial charge in [-0.3, -0.25) is 9.36 Å². The van der Waals surface area contributed by atoms with E-state index >= 15 is 0 Å². The molecule has 130 valence electrons. The van der Waals surface area contributed by atoms with Crippen LogP contribution in [0.3, 0.4) is 0 Å². The quantitative estimate of drug-likeness (QED) is 0.851. The zero-order valence-electron chi connectivity index (χ0n) is 12.9. The third-order valence-corrected chi connectivity index (χ3v) is 4.22. The summed E-state index contributed by atoms with van der Waals surface area (Å²) in [6.45, 7) is 1.35. The first-order valence-corrected chi connectivity index (χ1v) is 7.60. The van der Waals surface area contributed by atoms with Gasteiger partial charge in [0.15, 0.2) is 5.65 Å². The molecule has 2 aromatic heterocycles. The molecule has 1 N–H and O–H groups in total. The Kier molecular flexibility index (Phi) is 4.10. The molecule has 1 aliphatic rings. The normalized spacial score (nSPS) is 21.8. The van der Waals surface area contributed by atoms with Crippen LogP contribution < -0.4 is 5.69 Å². The van der Waals surface area contributed by atoms with Gasteiger partial charge in [-0.05, 0) is 31.7 Å². The van der Waals surface area contributed by atoms with Crippen LogP contribution in [0.4, 0.5) is 13.2 Å². The van der Waals surface area contributed by atoms with Gasteiger partial charge >= 0.3 is 17.8 Å². The molecule has 24 heavy (non-hydrogen) atoms. The summed E-state index contributed by atoms with van der Waals surface area (Å²) in [5, 5.41) is 0. The highest BCUT2D eigenvalue weighted by molar-refractivity contribution is 5.71. The smallest absolute Gasteiger partial charge is 0.417 e. The maximum Gasteiger partial charge on any atom is 0.417 e. The number of hydrogen-bond donors (Lipinski definition) is 1. The van der Waals surface area contributed by atoms with E-state index in [1.807, 2.05) is 0 Å². The average Bonchev–Trinajstić information content (AvgIpc) is 2.81. The highest BCUT2D eigenvalue weighted by Gasteiger charge is 2.32. The van der Waals surface area contributed by atoms with Crippen molar-refractivity contribution < 1.29 is 22.7 Å². The van der Waals surface area contributed by atoms with Crippen molar-refractivity contribution in [2.45, 2.75) is 50.9 Å². The maximum absolute atomic E-state index is 12.7. The average molecular weight is 343 g/mol. The van der Waals surface area contributed by atoms with Gasteiger partial charge in [-0.1, -0.05) is 0 Å². The number of nitrogens with zero attached hydrogens (tertiary/aromatic N) is 2. The predicted octanol–water partition coefficient (Wildman–Crippen LogP) is 2.79. The highest BCUT2D eigenvalue weighted by Crippen LogP contribution is 2.33. The fourth-order valence-electron chi connectivity index (χ4n) is 3.16. The van der Waals surface area contributed by atoms with Crippen LogP contribution in [0.5, 0.6) is 0 Å². The summed E-state index contributed by atoms with van der Waals surface area (Å²) in [7, 11) is 0. The predicted molar refractivity (Wildman–Crippen MR) is 78.4 cm³/mol. The SMILES string of the molecule is CC(=O)OC1CCC(n2c(=O)[nH]c3cc(C(F)(F)F)cnc32)CC1. The standard InChI is InChI=1S/C15H16F3N3O3/c1-8(22)24-11-4-2-10(3-5-11)21-13-12(20-14(21)23)6-9(7-19-13)15(16,17)18/h6-7,10-11H,2-5H2,1H3,(H,20,23). The van der Waals surface area contributed by atoms with Gasteiger partial charge in [0.05, 0.1) is 11.1 Å². The Bertz CT molecular complexity index is 817. The van der Waals surface area contributed by atoms with Gasteiger partial charge < -0.3 is 9.72 Å². The van der Waals surface area contributed by atoms with Crippen molar-refractivity contribution in [1.29, 1.82) is 0 Å². The topological polar surface area (TPSA) is 77.0 Å². The number of nitrogens with one attached hydrogen (secondary N) is 1. The van der Waals surface area contributed by atoms with Gasteiger partial charge in [-0.2, -0.15) is 13.2 Å². The zero-order valence-corrected chi connectivity index (χ0v) is 12.9. The van der Waals surface area contributed by atoms with Gasteiger partial charge in [0.1, 0.15) is 6.10 Å². The zero-order chi connectivity index (χ0) is 17.5. The number of aromatic nitrogens is 3. The van der Waals surface area contributed by atoms with E-state index in [-0.39, 0.29) is 29.3 Å². The van der Waals surface area contributed by atoms with Gasteiger partial charge in [0, 0.05) is 19.2 Å². The third kappa shape index (κ3) is 3.15. The monoisotopic (exact) mass is 343 g/mol. The Labute approximate surface area is 134 Å². The summed E-state index contributed by atoms with van der Waals surface area (Å²) < 4.78 is 44.8. The molecule has 0 saturated heterocycles. The lowest BCUT2D eigenvalue weighted by molar-refractivity contribution is -0.148. The van der Waals surface area contributed by atoms with Crippen LogP contribution >= 0.6 is 0 Å². The number of carbonyl (C=O) groups excluding carboxylic acids is 1. The van der Waals surface area contributed by atoms with E-state index in [4.69, 9.17) is 4.74 Å². The fourth-order valence-corrected chi connectivity index (χ4v) is 3.16. The van der Waals surface area contributed by atoms with Crippen LogP contribution in [-0.4, -0.2) is 26.6 Å². The van der Waals surface area contributed by atoms with E-state index in [1.54, 1.807) is 0 Å². The first-order valence-electron chi connectivity index (χ1n) is 7.60. The summed E-state index contributed by atoms with van der Waals surface area (Å²) in [6.07, 6.45) is -1.57. The molecule has 0 spiro atoms. The summed E-state index contributed by atoms with van der Waals surface area (Å²) in [5.74, 6) is -0.343. The first kappa shape index (κ1) is 16.5. The Morgan fingerprint density at radius 1 is 1.33 bits per heavy atom. The van der Waals surface area contributed by atoms with Crippen molar-refractivity contribution in [3.8, 4) is 0 Å². The molecule has 2 aromatic rings. The van der Waals surface area contributed by atoms with Crippen LogP contribution in [0.1, 0.15) is 44.2 Å². The lowest BCUT2D eigenvalue weighted by atomic mass is 9.93. The minimum Gasteiger partial charge on any atom is -0.463 e. The lowest BCUT2D eigenvalue weighted by Gasteiger charge is -2.28. The van der Waals surface area contributed by atoms with Crippen LogP contribution in [0.2, 0.25) is 0 Å². The maximum atomic E-state index is 12.7. The number of hydrogen-bond acceptors (Lipinski definition) is 4. The van der Waals surface area contributed by atoms with Gasteiger partial charge in [-0.15, -0.1) is 0 Å². The number of rotatable bonds is 2. The number of alkyl halides is 3. The van der Waals surface area contributed by atoms with E-state index < -0.39 is 17.4 Å². The molecule has 1 fully saturated rings. The minimum absolute atomic E-state index is 0.0666. The third-order valence-electron chi connectivity index (χ3n) is 4.22.